The van der Waals surface area contributed by atoms with Crippen LogP contribution in [0.2, 0.25) is 0 Å². The van der Waals surface area contributed by atoms with Gasteiger partial charge in [-0.1, -0.05) is 6.07 Å². The summed E-state index contributed by atoms with van der Waals surface area (Å²) >= 11 is 0. The van der Waals surface area contributed by atoms with Gasteiger partial charge in [0.2, 0.25) is 0 Å². The molecule has 0 aromatic heterocycles. The zero-order valence-corrected chi connectivity index (χ0v) is 11.7. The van der Waals surface area contributed by atoms with Crippen LogP contribution in [0.1, 0.15) is 31.7 Å². The lowest BCUT2D eigenvalue weighted by molar-refractivity contribution is -0.144. The van der Waals surface area contributed by atoms with E-state index in [1.807, 2.05) is 0 Å². The van der Waals surface area contributed by atoms with E-state index >= 15 is 0 Å². The lowest BCUT2D eigenvalue weighted by Gasteiger charge is -2.11. The Bertz CT molecular complexity index is 540. The molecule has 22 heavy (non-hydrogen) atoms. The maximum atomic E-state index is 13.6. The molecule has 0 aliphatic carbocycles. The lowest BCUT2D eigenvalue weighted by atomic mass is 10.2. The van der Waals surface area contributed by atoms with Crippen LogP contribution in [-0.4, -0.2) is 18.5 Å². The molecule has 8 heteroatoms. The zero-order valence-electron chi connectivity index (χ0n) is 11.7. The summed E-state index contributed by atoms with van der Waals surface area (Å²) in [7, 11) is 0. The van der Waals surface area contributed by atoms with Crippen molar-refractivity contribution in [2.24, 2.45) is 0 Å². The standard InChI is InChI=1S/C14H14F4O4/c1-2-21-11(19)7-4-8-12(20)22-10-6-3-5-9(13(10)15)14(16,17)18/h3,5-6H,2,4,7-8H2,1H3. The largest absolute Gasteiger partial charge is 0.466 e. The molecule has 0 fully saturated rings. The van der Waals surface area contributed by atoms with Gasteiger partial charge >= 0.3 is 18.1 Å². The topological polar surface area (TPSA) is 52.6 Å². The van der Waals surface area contributed by atoms with Crippen molar-refractivity contribution in [3.05, 3.63) is 29.6 Å². The molecule has 122 valence electrons. The number of rotatable bonds is 6. The van der Waals surface area contributed by atoms with Crippen molar-refractivity contribution >= 4 is 11.9 Å². The molecular formula is C14H14F4O4. The van der Waals surface area contributed by atoms with Gasteiger partial charge in [-0.25, -0.2) is 4.39 Å². The summed E-state index contributed by atoms with van der Waals surface area (Å²) in [5.74, 6) is -3.87. The van der Waals surface area contributed by atoms with Crippen molar-refractivity contribution in [2.75, 3.05) is 6.61 Å². The van der Waals surface area contributed by atoms with Gasteiger partial charge in [-0.2, -0.15) is 13.2 Å². The number of hydrogen-bond acceptors (Lipinski definition) is 4. The quantitative estimate of drug-likeness (QED) is 0.457. The van der Waals surface area contributed by atoms with Gasteiger partial charge in [0.25, 0.3) is 0 Å². The molecule has 0 saturated carbocycles. The van der Waals surface area contributed by atoms with E-state index in [1.165, 1.54) is 0 Å². The molecule has 0 aliphatic heterocycles. The van der Waals surface area contributed by atoms with Crippen LogP contribution in [0.25, 0.3) is 0 Å². The van der Waals surface area contributed by atoms with Crippen molar-refractivity contribution in [3.8, 4) is 5.75 Å². The third-order valence-electron chi connectivity index (χ3n) is 2.56. The number of carbonyl (C=O) groups is 2. The Morgan fingerprint density at radius 1 is 1.14 bits per heavy atom. The van der Waals surface area contributed by atoms with Crippen molar-refractivity contribution in [3.63, 3.8) is 0 Å². The van der Waals surface area contributed by atoms with Gasteiger partial charge < -0.3 is 9.47 Å². The SMILES string of the molecule is CCOC(=O)CCCC(=O)Oc1cccc(C(F)(F)F)c1F. The summed E-state index contributed by atoms with van der Waals surface area (Å²) in [5, 5.41) is 0. The highest BCUT2D eigenvalue weighted by Gasteiger charge is 2.35. The van der Waals surface area contributed by atoms with E-state index in [4.69, 9.17) is 0 Å². The molecule has 0 atom stereocenters. The number of alkyl halides is 3. The van der Waals surface area contributed by atoms with Crippen LogP contribution < -0.4 is 4.74 Å². The molecule has 0 heterocycles. The van der Waals surface area contributed by atoms with E-state index in [0.717, 1.165) is 12.1 Å². The number of benzene rings is 1. The van der Waals surface area contributed by atoms with Crippen LogP contribution in [0, 0.1) is 5.82 Å². The molecule has 0 spiro atoms. The van der Waals surface area contributed by atoms with Crippen molar-refractivity contribution < 1.29 is 36.6 Å². The third-order valence-corrected chi connectivity index (χ3v) is 2.56. The first-order valence-electron chi connectivity index (χ1n) is 6.47. The molecule has 0 N–H and O–H groups in total. The maximum absolute atomic E-state index is 13.6. The number of hydrogen-bond donors (Lipinski definition) is 0. The highest BCUT2D eigenvalue weighted by molar-refractivity contribution is 5.74. The van der Waals surface area contributed by atoms with Crippen LogP contribution in [0.4, 0.5) is 17.6 Å². The molecular weight excluding hydrogens is 308 g/mol. The van der Waals surface area contributed by atoms with E-state index in [-0.39, 0.29) is 25.9 Å². The number of ether oxygens (including phenoxy) is 2. The van der Waals surface area contributed by atoms with Crippen LogP contribution >= 0.6 is 0 Å². The summed E-state index contributed by atoms with van der Waals surface area (Å²) in [6.07, 6.45) is -5.06. The van der Waals surface area contributed by atoms with Crippen LogP contribution in [-0.2, 0) is 20.5 Å². The number of esters is 2. The number of halogens is 4. The highest BCUT2D eigenvalue weighted by Crippen LogP contribution is 2.34. The molecule has 4 nitrogen and oxygen atoms in total. The van der Waals surface area contributed by atoms with Crippen molar-refractivity contribution in [2.45, 2.75) is 32.4 Å². The van der Waals surface area contributed by atoms with Gasteiger partial charge in [-0.05, 0) is 25.5 Å². The molecule has 0 bridgehead atoms. The Labute approximate surface area is 124 Å². The minimum absolute atomic E-state index is 0.0337. The smallest absolute Gasteiger partial charge is 0.419 e. The fraction of sp³-hybridized carbons (Fsp3) is 0.429. The second-order valence-electron chi connectivity index (χ2n) is 4.25. The Morgan fingerprint density at radius 3 is 2.36 bits per heavy atom. The summed E-state index contributed by atoms with van der Waals surface area (Å²) in [6.45, 7) is 1.83. The zero-order chi connectivity index (χ0) is 16.8. The summed E-state index contributed by atoms with van der Waals surface area (Å²) in [5.41, 5.74) is -1.51. The second-order valence-corrected chi connectivity index (χ2v) is 4.25. The molecule has 0 saturated heterocycles. The molecule has 0 unspecified atom stereocenters. The highest BCUT2D eigenvalue weighted by atomic mass is 19.4. The van der Waals surface area contributed by atoms with Gasteiger partial charge in [0.15, 0.2) is 11.6 Å². The van der Waals surface area contributed by atoms with Crippen molar-refractivity contribution in [1.29, 1.82) is 0 Å². The lowest BCUT2D eigenvalue weighted by Crippen LogP contribution is -2.13. The monoisotopic (exact) mass is 322 g/mol. The summed E-state index contributed by atoms with van der Waals surface area (Å²) in [6, 6.07) is 2.41. The minimum Gasteiger partial charge on any atom is -0.466 e. The number of carbonyl (C=O) groups excluding carboxylic acids is 2. The Hall–Kier alpha value is -2.12. The van der Waals surface area contributed by atoms with Gasteiger partial charge in [0.05, 0.1) is 12.2 Å². The fourth-order valence-corrected chi connectivity index (χ4v) is 1.59. The second kappa shape index (κ2) is 7.77. The molecule has 1 aromatic rings. The van der Waals surface area contributed by atoms with Gasteiger partial charge in [0.1, 0.15) is 0 Å². The maximum Gasteiger partial charge on any atom is 0.419 e. The summed E-state index contributed by atoms with van der Waals surface area (Å²) in [4.78, 5) is 22.5. The predicted octanol–water partition coefficient (Wildman–Crippen LogP) is 3.48. The van der Waals surface area contributed by atoms with E-state index in [9.17, 15) is 27.2 Å². The first-order chi connectivity index (χ1) is 10.3. The first kappa shape index (κ1) is 17.9. The van der Waals surface area contributed by atoms with E-state index in [1.54, 1.807) is 6.92 Å². The predicted molar refractivity (Wildman–Crippen MR) is 67.5 cm³/mol. The van der Waals surface area contributed by atoms with E-state index < -0.39 is 35.2 Å². The minimum atomic E-state index is -4.88. The average Bonchev–Trinajstić information content (AvgIpc) is 2.40. The van der Waals surface area contributed by atoms with Crippen LogP contribution in [0.3, 0.4) is 0 Å². The molecule has 0 amide bonds. The Morgan fingerprint density at radius 2 is 1.77 bits per heavy atom. The first-order valence-corrected chi connectivity index (χ1v) is 6.47. The van der Waals surface area contributed by atoms with Gasteiger partial charge in [0, 0.05) is 12.8 Å². The van der Waals surface area contributed by atoms with Crippen LogP contribution in [0.15, 0.2) is 18.2 Å². The van der Waals surface area contributed by atoms with E-state index in [2.05, 4.69) is 9.47 Å². The molecule has 1 rings (SSSR count). The summed E-state index contributed by atoms with van der Waals surface area (Å²) < 4.78 is 60.3. The fourth-order valence-electron chi connectivity index (χ4n) is 1.59. The molecule has 1 aromatic carbocycles. The van der Waals surface area contributed by atoms with Gasteiger partial charge in [-0.3, -0.25) is 9.59 Å². The van der Waals surface area contributed by atoms with Crippen LogP contribution in [0.5, 0.6) is 5.75 Å². The van der Waals surface area contributed by atoms with Gasteiger partial charge in [-0.15, -0.1) is 0 Å². The third kappa shape index (κ3) is 5.34. The van der Waals surface area contributed by atoms with E-state index in [0.29, 0.717) is 6.07 Å². The normalized spacial score (nSPS) is 11.1. The van der Waals surface area contributed by atoms with Crippen molar-refractivity contribution in [1.82, 2.24) is 0 Å². The molecule has 0 aliphatic rings. The molecule has 0 radical (unpaired) electrons. The average molecular weight is 322 g/mol. The Kier molecular flexibility index (Phi) is 6.33. The Balaban J connectivity index is 2.60.